The van der Waals surface area contributed by atoms with Gasteiger partial charge in [0.05, 0.1) is 23.6 Å². The Morgan fingerprint density at radius 3 is 2.87 bits per heavy atom. The third-order valence-corrected chi connectivity index (χ3v) is 4.53. The van der Waals surface area contributed by atoms with E-state index in [1.165, 1.54) is 41.6 Å². The maximum Gasteiger partial charge on any atom is 0.338 e. The maximum absolute atomic E-state index is 12.4. The molecule has 0 aliphatic carbocycles. The number of nitrogens with zero attached hydrogens (tertiary/aromatic N) is 3. The van der Waals surface area contributed by atoms with Crippen LogP contribution in [0, 0.1) is 0 Å². The number of ether oxygens (including phenoxy) is 1. The summed E-state index contributed by atoms with van der Waals surface area (Å²) in [6.45, 7) is 3.97. The standard InChI is InChI=1S/C14H18N4O4S/c1-3-22-14(19)12-5-4-6-13(7-12)23(20,21)17-11(2)8-18-10-15-9-16-18/h4-7,9-11,17H,3,8H2,1-2H3/t11-/m0/s1. The van der Waals surface area contributed by atoms with Crippen LogP contribution < -0.4 is 4.72 Å². The molecule has 1 atom stereocenters. The fourth-order valence-electron chi connectivity index (χ4n) is 1.98. The topological polar surface area (TPSA) is 103 Å². The summed E-state index contributed by atoms with van der Waals surface area (Å²) in [7, 11) is -3.75. The van der Waals surface area contributed by atoms with E-state index in [1.54, 1.807) is 13.8 Å². The first-order valence-electron chi connectivity index (χ1n) is 7.04. The van der Waals surface area contributed by atoms with Crippen LogP contribution in [0.5, 0.6) is 0 Å². The molecular formula is C14H18N4O4S. The summed E-state index contributed by atoms with van der Waals surface area (Å²) in [5.41, 5.74) is 0.193. The summed E-state index contributed by atoms with van der Waals surface area (Å²) >= 11 is 0. The van der Waals surface area contributed by atoms with Crippen LogP contribution in [0.2, 0.25) is 0 Å². The summed E-state index contributed by atoms with van der Waals surface area (Å²) in [5, 5.41) is 3.93. The summed E-state index contributed by atoms with van der Waals surface area (Å²) < 4.78 is 33.7. The van der Waals surface area contributed by atoms with Crippen molar-refractivity contribution in [3.8, 4) is 0 Å². The molecule has 0 fully saturated rings. The van der Waals surface area contributed by atoms with Crippen LogP contribution in [-0.2, 0) is 21.3 Å². The molecule has 23 heavy (non-hydrogen) atoms. The molecule has 1 heterocycles. The Kier molecular flexibility index (Phi) is 5.45. The summed E-state index contributed by atoms with van der Waals surface area (Å²) in [6.07, 6.45) is 2.89. The van der Waals surface area contributed by atoms with Crippen molar-refractivity contribution in [2.75, 3.05) is 6.61 Å². The van der Waals surface area contributed by atoms with E-state index in [4.69, 9.17) is 4.74 Å². The quantitative estimate of drug-likeness (QED) is 0.750. The molecule has 124 valence electrons. The summed E-state index contributed by atoms with van der Waals surface area (Å²) in [6, 6.07) is 5.34. The molecule has 0 unspecified atom stereocenters. The van der Waals surface area contributed by atoms with Crippen molar-refractivity contribution in [1.82, 2.24) is 19.5 Å². The molecule has 0 amide bonds. The van der Waals surface area contributed by atoms with Crippen molar-refractivity contribution in [1.29, 1.82) is 0 Å². The van der Waals surface area contributed by atoms with E-state index >= 15 is 0 Å². The van der Waals surface area contributed by atoms with Crippen LogP contribution in [0.25, 0.3) is 0 Å². The number of hydrogen-bond donors (Lipinski definition) is 1. The van der Waals surface area contributed by atoms with E-state index in [9.17, 15) is 13.2 Å². The predicted octanol–water partition coefficient (Wildman–Crippen LogP) is 0.822. The Bertz CT molecular complexity index is 759. The number of nitrogens with one attached hydrogen (secondary N) is 1. The second-order valence-corrected chi connectivity index (χ2v) is 6.60. The predicted molar refractivity (Wildman–Crippen MR) is 82.2 cm³/mol. The van der Waals surface area contributed by atoms with Gasteiger partial charge >= 0.3 is 5.97 Å². The third-order valence-electron chi connectivity index (χ3n) is 2.94. The highest BCUT2D eigenvalue weighted by Crippen LogP contribution is 2.13. The molecule has 1 aromatic heterocycles. The van der Waals surface area contributed by atoms with Gasteiger partial charge in [-0.3, -0.25) is 4.68 Å². The van der Waals surface area contributed by atoms with Crippen molar-refractivity contribution in [3.05, 3.63) is 42.5 Å². The fourth-order valence-corrected chi connectivity index (χ4v) is 3.26. The molecule has 2 aromatic rings. The van der Waals surface area contributed by atoms with Gasteiger partial charge in [0.25, 0.3) is 0 Å². The first-order valence-corrected chi connectivity index (χ1v) is 8.52. The Balaban J connectivity index is 2.12. The number of aromatic nitrogens is 3. The van der Waals surface area contributed by atoms with Gasteiger partial charge < -0.3 is 4.74 Å². The lowest BCUT2D eigenvalue weighted by molar-refractivity contribution is 0.0526. The van der Waals surface area contributed by atoms with Crippen LogP contribution in [0.15, 0.2) is 41.8 Å². The zero-order valence-corrected chi connectivity index (χ0v) is 13.7. The van der Waals surface area contributed by atoms with Crippen LogP contribution in [0.1, 0.15) is 24.2 Å². The smallest absolute Gasteiger partial charge is 0.338 e. The molecule has 0 saturated carbocycles. The highest BCUT2D eigenvalue weighted by molar-refractivity contribution is 7.89. The number of carbonyl (C=O) groups is 1. The minimum atomic E-state index is -3.75. The lowest BCUT2D eigenvalue weighted by Gasteiger charge is -2.14. The Hall–Kier alpha value is -2.26. The number of benzene rings is 1. The van der Waals surface area contributed by atoms with Gasteiger partial charge in [0.15, 0.2) is 0 Å². The maximum atomic E-state index is 12.4. The second kappa shape index (κ2) is 7.34. The van der Waals surface area contributed by atoms with Gasteiger partial charge in [0.2, 0.25) is 10.0 Å². The monoisotopic (exact) mass is 338 g/mol. The molecule has 0 radical (unpaired) electrons. The number of sulfonamides is 1. The minimum absolute atomic E-state index is 0.00786. The summed E-state index contributed by atoms with van der Waals surface area (Å²) in [4.78, 5) is 15.5. The van der Waals surface area contributed by atoms with Gasteiger partial charge in [-0.2, -0.15) is 5.10 Å². The van der Waals surface area contributed by atoms with Crippen molar-refractivity contribution in [2.24, 2.45) is 0 Å². The fraction of sp³-hybridized carbons (Fsp3) is 0.357. The number of esters is 1. The SMILES string of the molecule is CCOC(=O)c1cccc(S(=O)(=O)N[C@@H](C)Cn2cncn2)c1. The normalized spacial score (nSPS) is 12.8. The van der Waals surface area contributed by atoms with E-state index in [0.717, 1.165) is 0 Å². The second-order valence-electron chi connectivity index (χ2n) is 4.89. The van der Waals surface area contributed by atoms with Crippen LogP contribution in [0.4, 0.5) is 0 Å². The van der Waals surface area contributed by atoms with Gasteiger partial charge in [-0.25, -0.2) is 22.9 Å². The molecule has 1 aromatic carbocycles. The molecule has 0 aliphatic rings. The zero-order valence-electron chi connectivity index (χ0n) is 12.8. The zero-order chi connectivity index (χ0) is 16.9. The van der Waals surface area contributed by atoms with Crippen LogP contribution >= 0.6 is 0 Å². The average Bonchev–Trinajstić information content (AvgIpc) is 3.00. The molecular weight excluding hydrogens is 320 g/mol. The number of rotatable bonds is 7. The molecule has 8 nitrogen and oxygen atoms in total. The first kappa shape index (κ1) is 17.1. The van der Waals surface area contributed by atoms with Gasteiger partial charge in [-0.1, -0.05) is 6.07 Å². The largest absolute Gasteiger partial charge is 0.462 e. The number of carbonyl (C=O) groups excluding carboxylic acids is 1. The van der Waals surface area contributed by atoms with Crippen molar-refractivity contribution >= 4 is 16.0 Å². The van der Waals surface area contributed by atoms with Crippen molar-refractivity contribution in [3.63, 3.8) is 0 Å². The first-order chi connectivity index (χ1) is 10.9. The van der Waals surface area contributed by atoms with E-state index in [1.807, 2.05) is 0 Å². The Morgan fingerprint density at radius 2 is 2.22 bits per heavy atom. The molecule has 9 heteroatoms. The van der Waals surface area contributed by atoms with Gasteiger partial charge in [-0.15, -0.1) is 0 Å². The van der Waals surface area contributed by atoms with Gasteiger partial charge in [-0.05, 0) is 32.0 Å². The molecule has 0 saturated heterocycles. The molecule has 1 N–H and O–H groups in total. The molecule has 0 spiro atoms. The average molecular weight is 338 g/mol. The number of hydrogen-bond acceptors (Lipinski definition) is 6. The highest BCUT2D eigenvalue weighted by atomic mass is 32.2. The van der Waals surface area contributed by atoms with Crippen molar-refractivity contribution < 1.29 is 17.9 Å². The van der Waals surface area contributed by atoms with Crippen molar-refractivity contribution in [2.45, 2.75) is 31.3 Å². The molecule has 0 bridgehead atoms. The lowest BCUT2D eigenvalue weighted by atomic mass is 10.2. The Morgan fingerprint density at radius 1 is 1.43 bits per heavy atom. The summed E-state index contributed by atoms with van der Waals surface area (Å²) in [5.74, 6) is -0.555. The molecule has 0 aliphatic heterocycles. The van der Waals surface area contributed by atoms with E-state index in [-0.39, 0.29) is 17.1 Å². The van der Waals surface area contributed by atoms with Crippen LogP contribution in [-0.4, -0.2) is 41.8 Å². The third kappa shape index (κ3) is 4.60. The molecule has 2 rings (SSSR count). The lowest BCUT2D eigenvalue weighted by Crippen LogP contribution is -2.35. The van der Waals surface area contributed by atoms with Crippen LogP contribution in [0.3, 0.4) is 0 Å². The highest BCUT2D eigenvalue weighted by Gasteiger charge is 2.19. The van der Waals surface area contributed by atoms with E-state index in [2.05, 4.69) is 14.8 Å². The van der Waals surface area contributed by atoms with E-state index < -0.39 is 22.0 Å². The van der Waals surface area contributed by atoms with E-state index in [0.29, 0.717) is 6.54 Å². The van der Waals surface area contributed by atoms with Gasteiger partial charge in [0.1, 0.15) is 12.7 Å². The van der Waals surface area contributed by atoms with Gasteiger partial charge in [0, 0.05) is 6.04 Å². The minimum Gasteiger partial charge on any atom is -0.462 e. The Labute approximate surface area is 134 Å².